The predicted molar refractivity (Wildman–Crippen MR) is 61.9 cm³/mol. The maximum atomic E-state index is 11.9. The number of carbonyl (C=O) groups excluding carboxylic acids is 1. The minimum absolute atomic E-state index is 0.0116. The van der Waals surface area contributed by atoms with Crippen LogP contribution in [0.5, 0.6) is 0 Å². The molecule has 0 atom stereocenters. The maximum Gasteiger partial charge on any atom is 0.259 e. The van der Waals surface area contributed by atoms with E-state index in [1.54, 1.807) is 6.92 Å². The number of aryl methyl sites for hydroxylation is 1. The number of aliphatic hydroxyl groups is 2. The summed E-state index contributed by atoms with van der Waals surface area (Å²) in [5.41, 5.74) is 0.312. The van der Waals surface area contributed by atoms with E-state index in [2.05, 4.69) is 4.98 Å². The summed E-state index contributed by atoms with van der Waals surface area (Å²) in [6, 6.07) is 1.34. The molecular formula is C11H16N2O4. The van der Waals surface area contributed by atoms with Gasteiger partial charge in [-0.25, -0.2) is 0 Å². The molecule has 17 heavy (non-hydrogen) atoms. The molecule has 94 valence electrons. The molecule has 3 N–H and O–H groups in total. The van der Waals surface area contributed by atoms with Crippen LogP contribution in [0.3, 0.4) is 0 Å². The Labute approximate surface area is 98.5 Å². The minimum atomic E-state index is -0.491. The fraction of sp³-hybridized carbons (Fsp3) is 0.455. The average molecular weight is 240 g/mol. The summed E-state index contributed by atoms with van der Waals surface area (Å²) in [6.45, 7) is 1.47. The van der Waals surface area contributed by atoms with Gasteiger partial charge in [-0.1, -0.05) is 0 Å². The Balaban J connectivity index is 2.96. The Morgan fingerprint density at radius 3 is 2.41 bits per heavy atom. The molecule has 1 aromatic rings. The normalized spacial score (nSPS) is 10.3. The first kappa shape index (κ1) is 13.4. The van der Waals surface area contributed by atoms with E-state index in [0.29, 0.717) is 5.69 Å². The third-order valence-corrected chi connectivity index (χ3v) is 2.31. The average Bonchev–Trinajstić information content (AvgIpc) is 2.28. The number of carbonyl (C=O) groups is 1. The van der Waals surface area contributed by atoms with Crippen molar-refractivity contribution in [3.8, 4) is 0 Å². The summed E-state index contributed by atoms with van der Waals surface area (Å²) in [6.07, 6.45) is 1.35. The van der Waals surface area contributed by atoms with Gasteiger partial charge in [-0.3, -0.25) is 9.59 Å². The van der Waals surface area contributed by atoms with Gasteiger partial charge >= 0.3 is 0 Å². The van der Waals surface area contributed by atoms with E-state index in [-0.39, 0.29) is 37.3 Å². The molecule has 0 unspecified atom stereocenters. The number of nitrogens with one attached hydrogen (secondary N) is 1. The van der Waals surface area contributed by atoms with Crippen molar-refractivity contribution in [1.29, 1.82) is 0 Å². The van der Waals surface area contributed by atoms with Gasteiger partial charge in [0.2, 0.25) is 0 Å². The minimum Gasteiger partial charge on any atom is -0.395 e. The van der Waals surface area contributed by atoms with E-state index in [1.165, 1.54) is 17.2 Å². The summed E-state index contributed by atoms with van der Waals surface area (Å²) in [5.74, 6) is -0.491. The predicted octanol–water partition coefficient (Wildman–Crippen LogP) is -0.890. The zero-order valence-corrected chi connectivity index (χ0v) is 9.64. The number of aliphatic hydroxyl groups excluding tert-OH is 2. The first-order chi connectivity index (χ1) is 8.10. The van der Waals surface area contributed by atoms with Crippen LogP contribution in [0, 0.1) is 6.92 Å². The molecule has 1 aromatic heterocycles. The van der Waals surface area contributed by atoms with E-state index in [1.807, 2.05) is 0 Å². The molecule has 1 heterocycles. The zero-order chi connectivity index (χ0) is 12.8. The number of nitrogens with zero attached hydrogens (tertiary/aromatic N) is 1. The molecule has 6 nitrogen and oxygen atoms in total. The van der Waals surface area contributed by atoms with Crippen LogP contribution >= 0.6 is 0 Å². The molecule has 0 aliphatic rings. The lowest BCUT2D eigenvalue weighted by atomic mass is 10.2. The van der Waals surface area contributed by atoms with Crippen molar-refractivity contribution in [3.63, 3.8) is 0 Å². The van der Waals surface area contributed by atoms with Gasteiger partial charge in [-0.2, -0.15) is 0 Å². The van der Waals surface area contributed by atoms with Gasteiger partial charge in [-0.05, 0) is 6.92 Å². The number of hydrogen-bond acceptors (Lipinski definition) is 4. The van der Waals surface area contributed by atoms with E-state index < -0.39 is 5.91 Å². The summed E-state index contributed by atoms with van der Waals surface area (Å²) in [5, 5.41) is 17.6. The van der Waals surface area contributed by atoms with Crippen molar-refractivity contribution in [3.05, 3.63) is 33.7 Å². The lowest BCUT2D eigenvalue weighted by molar-refractivity contribution is 0.0683. The Kier molecular flexibility index (Phi) is 4.86. The number of pyridine rings is 1. The third kappa shape index (κ3) is 3.40. The summed E-state index contributed by atoms with van der Waals surface area (Å²) in [4.78, 5) is 27.6. The van der Waals surface area contributed by atoms with E-state index >= 15 is 0 Å². The van der Waals surface area contributed by atoms with E-state index in [4.69, 9.17) is 10.2 Å². The van der Waals surface area contributed by atoms with Crippen LogP contribution in [0.2, 0.25) is 0 Å². The second kappa shape index (κ2) is 6.17. The molecule has 6 heteroatoms. The largest absolute Gasteiger partial charge is 0.395 e. The molecule has 0 saturated heterocycles. The fourth-order valence-electron chi connectivity index (χ4n) is 1.47. The topological polar surface area (TPSA) is 93.6 Å². The van der Waals surface area contributed by atoms with Crippen molar-refractivity contribution in [1.82, 2.24) is 9.88 Å². The highest BCUT2D eigenvalue weighted by Gasteiger charge is 2.17. The quantitative estimate of drug-likeness (QED) is 0.622. The van der Waals surface area contributed by atoms with Gasteiger partial charge in [0.25, 0.3) is 5.91 Å². The van der Waals surface area contributed by atoms with Crippen LogP contribution in [0.15, 0.2) is 17.1 Å². The SMILES string of the molecule is Cc1cc(=O)c(C(=O)N(CCO)CCO)c[nH]1. The van der Waals surface area contributed by atoms with Crippen LogP contribution < -0.4 is 5.43 Å². The molecule has 0 spiro atoms. The monoisotopic (exact) mass is 240 g/mol. The van der Waals surface area contributed by atoms with Crippen LogP contribution in [0.25, 0.3) is 0 Å². The van der Waals surface area contributed by atoms with Crippen molar-refractivity contribution >= 4 is 5.91 Å². The second-order valence-electron chi connectivity index (χ2n) is 3.63. The number of rotatable bonds is 5. The number of hydrogen-bond donors (Lipinski definition) is 3. The van der Waals surface area contributed by atoms with Crippen molar-refractivity contribution in [2.45, 2.75) is 6.92 Å². The lowest BCUT2D eigenvalue weighted by Crippen LogP contribution is -2.38. The summed E-state index contributed by atoms with van der Waals surface area (Å²) >= 11 is 0. The molecule has 0 aliphatic carbocycles. The Morgan fingerprint density at radius 2 is 1.94 bits per heavy atom. The number of H-pyrrole nitrogens is 1. The highest BCUT2D eigenvalue weighted by molar-refractivity contribution is 5.93. The first-order valence-electron chi connectivity index (χ1n) is 5.30. The van der Waals surface area contributed by atoms with E-state index in [9.17, 15) is 9.59 Å². The Hall–Kier alpha value is -1.66. The smallest absolute Gasteiger partial charge is 0.259 e. The van der Waals surface area contributed by atoms with Gasteiger partial charge in [0.05, 0.1) is 13.2 Å². The van der Waals surface area contributed by atoms with Gasteiger partial charge in [0.15, 0.2) is 5.43 Å². The highest BCUT2D eigenvalue weighted by Crippen LogP contribution is 1.99. The standard InChI is InChI=1S/C11H16N2O4/c1-8-6-10(16)9(7-12-8)11(17)13(2-4-14)3-5-15/h6-7,14-15H,2-5H2,1H3,(H,12,16). The van der Waals surface area contributed by atoms with Gasteiger partial charge in [0.1, 0.15) is 5.56 Å². The Morgan fingerprint density at radius 1 is 1.35 bits per heavy atom. The zero-order valence-electron chi connectivity index (χ0n) is 9.64. The lowest BCUT2D eigenvalue weighted by Gasteiger charge is -2.20. The molecule has 0 bridgehead atoms. The molecule has 0 fully saturated rings. The molecule has 0 aromatic carbocycles. The van der Waals surface area contributed by atoms with Gasteiger partial charge < -0.3 is 20.1 Å². The molecule has 0 aliphatic heterocycles. The molecule has 1 amide bonds. The molecule has 0 radical (unpaired) electrons. The van der Waals surface area contributed by atoms with Crippen molar-refractivity contribution in [2.75, 3.05) is 26.3 Å². The van der Waals surface area contributed by atoms with Crippen LogP contribution in [-0.4, -0.2) is 52.3 Å². The molecule has 0 saturated carbocycles. The maximum absolute atomic E-state index is 11.9. The molecular weight excluding hydrogens is 224 g/mol. The summed E-state index contributed by atoms with van der Waals surface area (Å²) in [7, 11) is 0. The van der Waals surface area contributed by atoms with Crippen molar-refractivity contribution in [2.24, 2.45) is 0 Å². The van der Waals surface area contributed by atoms with Crippen molar-refractivity contribution < 1.29 is 15.0 Å². The van der Waals surface area contributed by atoms with Crippen LogP contribution in [0.4, 0.5) is 0 Å². The van der Waals surface area contributed by atoms with Gasteiger partial charge in [-0.15, -0.1) is 0 Å². The van der Waals surface area contributed by atoms with Crippen LogP contribution in [0.1, 0.15) is 16.1 Å². The fourth-order valence-corrected chi connectivity index (χ4v) is 1.47. The first-order valence-corrected chi connectivity index (χ1v) is 5.30. The second-order valence-corrected chi connectivity index (χ2v) is 3.63. The Bertz CT molecular complexity index is 435. The third-order valence-electron chi connectivity index (χ3n) is 2.31. The number of amides is 1. The van der Waals surface area contributed by atoms with Crippen LogP contribution in [-0.2, 0) is 0 Å². The summed E-state index contributed by atoms with van der Waals surface area (Å²) < 4.78 is 0. The van der Waals surface area contributed by atoms with Gasteiger partial charge in [0, 0.05) is 31.0 Å². The van der Waals surface area contributed by atoms with E-state index in [0.717, 1.165) is 0 Å². The highest BCUT2D eigenvalue weighted by atomic mass is 16.3. The molecule has 1 rings (SSSR count). The number of aromatic amines is 1. The number of aromatic nitrogens is 1.